The molecular weight excluding hydrogens is 308 g/mol. The Kier molecular flexibility index (Phi) is 4.79. The summed E-state index contributed by atoms with van der Waals surface area (Å²) in [6.45, 7) is 0.889. The first kappa shape index (κ1) is 15.8. The van der Waals surface area contributed by atoms with E-state index in [1.807, 2.05) is 50.5 Å². The fourth-order valence-corrected chi connectivity index (χ4v) is 3.49. The molecule has 5 heteroatoms. The van der Waals surface area contributed by atoms with E-state index in [1.165, 1.54) is 4.88 Å². The first-order chi connectivity index (χ1) is 11.1. The largest absolute Gasteiger partial charge is 0.488 e. The second-order valence-corrected chi connectivity index (χ2v) is 6.68. The van der Waals surface area contributed by atoms with Crippen molar-refractivity contribution in [1.82, 2.24) is 10.2 Å². The zero-order chi connectivity index (χ0) is 16.2. The van der Waals surface area contributed by atoms with Gasteiger partial charge in [-0.1, -0.05) is 24.3 Å². The number of amides is 1. The summed E-state index contributed by atoms with van der Waals surface area (Å²) in [7, 11) is 4.05. The highest BCUT2D eigenvalue weighted by Crippen LogP contribution is 2.26. The highest BCUT2D eigenvalue weighted by atomic mass is 32.1. The summed E-state index contributed by atoms with van der Waals surface area (Å²) in [6.07, 6.45) is 1.91. The number of likely N-dealkylation sites (N-methyl/N-ethyl adjacent to an activating group) is 1. The van der Waals surface area contributed by atoms with E-state index < -0.39 is 0 Å². The Morgan fingerprint density at radius 2 is 2.13 bits per heavy atom. The van der Waals surface area contributed by atoms with Crippen LogP contribution >= 0.6 is 11.3 Å². The zero-order valence-corrected chi connectivity index (χ0v) is 14.1. The minimum Gasteiger partial charge on any atom is -0.488 e. The number of nitrogens with one attached hydrogen (secondary N) is 1. The zero-order valence-electron chi connectivity index (χ0n) is 13.3. The summed E-state index contributed by atoms with van der Waals surface area (Å²) < 4.78 is 5.65. The second-order valence-electron chi connectivity index (χ2n) is 5.70. The van der Waals surface area contributed by atoms with E-state index in [0.717, 1.165) is 11.3 Å². The number of carbonyl (C=O) groups excluding carboxylic acids is 1. The summed E-state index contributed by atoms with van der Waals surface area (Å²) in [5.41, 5.74) is 1.61. The van der Waals surface area contributed by atoms with Gasteiger partial charge in [-0.3, -0.25) is 4.79 Å². The number of carbonyl (C=O) groups is 1. The number of para-hydroxylation sites is 1. The molecule has 0 aliphatic carbocycles. The molecule has 1 amide bonds. The molecule has 2 heterocycles. The molecule has 23 heavy (non-hydrogen) atoms. The maximum absolute atomic E-state index is 12.4. The Morgan fingerprint density at radius 1 is 1.30 bits per heavy atom. The van der Waals surface area contributed by atoms with Gasteiger partial charge < -0.3 is 15.0 Å². The van der Waals surface area contributed by atoms with E-state index in [4.69, 9.17) is 4.74 Å². The fraction of sp³-hybridized carbons (Fsp3) is 0.278. The van der Waals surface area contributed by atoms with Gasteiger partial charge in [-0.25, -0.2) is 0 Å². The lowest BCUT2D eigenvalue weighted by molar-refractivity contribution is -0.118. The molecule has 1 aliphatic heterocycles. The predicted molar refractivity (Wildman–Crippen MR) is 93.7 cm³/mol. The Balaban J connectivity index is 1.67. The van der Waals surface area contributed by atoms with Gasteiger partial charge in [0.05, 0.1) is 11.6 Å². The summed E-state index contributed by atoms with van der Waals surface area (Å²) in [5.74, 6) is 0.761. The summed E-state index contributed by atoms with van der Waals surface area (Å²) >= 11 is 1.71. The number of thiophene rings is 1. The van der Waals surface area contributed by atoms with Crippen LogP contribution in [0.25, 0.3) is 6.08 Å². The third-order valence-corrected chi connectivity index (χ3v) is 4.85. The lowest BCUT2D eigenvalue weighted by atomic mass is 10.1. The Bertz CT molecular complexity index is 708. The molecular formula is C18H20N2O2S. The van der Waals surface area contributed by atoms with Crippen molar-refractivity contribution in [2.45, 2.75) is 6.04 Å². The molecule has 120 valence electrons. The SMILES string of the molecule is CN(C)C(CNC(=O)C1=Cc2ccccc2OC1)c1cccs1. The van der Waals surface area contributed by atoms with Crippen LogP contribution in [-0.4, -0.2) is 38.1 Å². The minimum absolute atomic E-state index is 0.0668. The molecule has 2 aromatic rings. The normalized spacial score (nSPS) is 14.7. The van der Waals surface area contributed by atoms with Gasteiger partial charge in [0.25, 0.3) is 5.91 Å². The smallest absolute Gasteiger partial charge is 0.250 e. The molecule has 0 radical (unpaired) electrons. The number of hydrogen-bond acceptors (Lipinski definition) is 4. The maximum Gasteiger partial charge on any atom is 0.250 e. The monoisotopic (exact) mass is 328 g/mol. The van der Waals surface area contributed by atoms with Crippen LogP contribution in [0.1, 0.15) is 16.5 Å². The van der Waals surface area contributed by atoms with Crippen LogP contribution < -0.4 is 10.1 Å². The standard InChI is InChI=1S/C18H20N2O2S/c1-20(2)15(17-8-5-9-23-17)11-19-18(21)14-10-13-6-3-4-7-16(13)22-12-14/h3-10,15H,11-12H2,1-2H3,(H,19,21). The molecule has 1 unspecified atom stereocenters. The topological polar surface area (TPSA) is 41.6 Å². The molecule has 3 rings (SSSR count). The number of nitrogens with zero attached hydrogens (tertiary/aromatic N) is 1. The maximum atomic E-state index is 12.4. The lowest BCUT2D eigenvalue weighted by Gasteiger charge is -2.24. The van der Waals surface area contributed by atoms with Gasteiger partial charge in [0.2, 0.25) is 0 Å². The van der Waals surface area contributed by atoms with Crippen molar-refractivity contribution < 1.29 is 9.53 Å². The number of benzene rings is 1. The summed E-state index contributed by atoms with van der Waals surface area (Å²) in [6, 6.07) is 12.1. The van der Waals surface area contributed by atoms with E-state index >= 15 is 0 Å². The molecule has 1 aromatic carbocycles. The summed E-state index contributed by atoms with van der Waals surface area (Å²) in [5, 5.41) is 5.09. The third-order valence-electron chi connectivity index (χ3n) is 3.87. The van der Waals surface area contributed by atoms with Crippen molar-refractivity contribution in [3.8, 4) is 5.75 Å². The Morgan fingerprint density at radius 3 is 2.87 bits per heavy atom. The predicted octanol–water partition coefficient (Wildman–Crippen LogP) is 2.94. The molecule has 4 nitrogen and oxygen atoms in total. The van der Waals surface area contributed by atoms with Crippen LogP contribution in [0.15, 0.2) is 47.4 Å². The highest BCUT2D eigenvalue weighted by molar-refractivity contribution is 7.10. The van der Waals surface area contributed by atoms with E-state index in [-0.39, 0.29) is 11.9 Å². The molecule has 1 aliphatic rings. The molecule has 0 saturated carbocycles. The summed E-state index contributed by atoms with van der Waals surface area (Å²) in [4.78, 5) is 15.8. The number of hydrogen-bond donors (Lipinski definition) is 1. The first-order valence-electron chi connectivity index (χ1n) is 7.55. The average Bonchev–Trinajstić information content (AvgIpc) is 3.08. The van der Waals surface area contributed by atoms with Gasteiger partial charge in [-0.2, -0.15) is 0 Å². The van der Waals surface area contributed by atoms with Crippen LogP contribution in [-0.2, 0) is 4.79 Å². The minimum atomic E-state index is -0.0668. The second kappa shape index (κ2) is 6.98. The van der Waals surface area contributed by atoms with E-state index in [0.29, 0.717) is 18.7 Å². The van der Waals surface area contributed by atoms with Gasteiger partial charge in [0, 0.05) is 17.0 Å². The molecule has 0 spiro atoms. The molecule has 1 atom stereocenters. The van der Waals surface area contributed by atoms with Crippen molar-refractivity contribution in [2.24, 2.45) is 0 Å². The quantitative estimate of drug-likeness (QED) is 0.917. The molecule has 0 fully saturated rings. The Hall–Kier alpha value is -2.11. The first-order valence-corrected chi connectivity index (χ1v) is 8.43. The number of rotatable bonds is 5. The lowest BCUT2D eigenvalue weighted by Crippen LogP contribution is -2.36. The van der Waals surface area contributed by atoms with Crippen LogP contribution in [0.4, 0.5) is 0 Å². The Labute approximate surface area is 140 Å². The van der Waals surface area contributed by atoms with Crippen LogP contribution in [0.3, 0.4) is 0 Å². The van der Waals surface area contributed by atoms with Gasteiger partial charge in [-0.15, -0.1) is 11.3 Å². The van der Waals surface area contributed by atoms with Crippen molar-refractivity contribution in [2.75, 3.05) is 27.2 Å². The van der Waals surface area contributed by atoms with E-state index in [2.05, 4.69) is 21.7 Å². The fourth-order valence-electron chi connectivity index (χ4n) is 2.57. The van der Waals surface area contributed by atoms with Crippen molar-refractivity contribution in [3.63, 3.8) is 0 Å². The van der Waals surface area contributed by atoms with Gasteiger partial charge in [-0.05, 0) is 37.7 Å². The molecule has 0 bridgehead atoms. The number of fused-ring (bicyclic) bond motifs is 1. The van der Waals surface area contributed by atoms with Crippen molar-refractivity contribution in [1.29, 1.82) is 0 Å². The highest BCUT2D eigenvalue weighted by Gasteiger charge is 2.20. The van der Waals surface area contributed by atoms with Crippen molar-refractivity contribution in [3.05, 3.63) is 57.8 Å². The van der Waals surface area contributed by atoms with E-state index in [9.17, 15) is 4.79 Å². The third kappa shape index (κ3) is 3.63. The van der Waals surface area contributed by atoms with Gasteiger partial charge in [0.1, 0.15) is 12.4 Å². The van der Waals surface area contributed by atoms with Crippen molar-refractivity contribution >= 4 is 23.3 Å². The number of ether oxygens (including phenoxy) is 1. The van der Waals surface area contributed by atoms with Crippen LogP contribution in [0, 0.1) is 0 Å². The molecule has 1 N–H and O–H groups in total. The van der Waals surface area contributed by atoms with Gasteiger partial charge in [0.15, 0.2) is 0 Å². The molecule has 0 saturated heterocycles. The molecule has 1 aromatic heterocycles. The average molecular weight is 328 g/mol. The van der Waals surface area contributed by atoms with Crippen LogP contribution in [0.5, 0.6) is 5.75 Å². The van der Waals surface area contributed by atoms with Crippen LogP contribution in [0.2, 0.25) is 0 Å². The van der Waals surface area contributed by atoms with Gasteiger partial charge >= 0.3 is 0 Å². The van der Waals surface area contributed by atoms with E-state index in [1.54, 1.807) is 11.3 Å².